The van der Waals surface area contributed by atoms with Crippen molar-refractivity contribution in [2.75, 3.05) is 24.7 Å². The number of anilines is 1. The van der Waals surface area contributed by atoms with Crippen molar-refractivity contribution in [3.63, 3.8) is 0 Å². The molecule has 6 atom stereocenters. The van der Waals surface area contributed by atoms with E-state index in [0.717, 1.165) is 6.42 Å². The third kappa shape index (κ3) is 4.37. The third-order valence-corrected chi connectivity index (χ3v) is 9.81. The van der Waals surface area contributed by atoms with Crippen molar-refractivity contribution in [2.24, 2.45) is 11.8 Å². The first-order chi connectivity index (χ1) is 17.3. The molecule has 3 aliphatic rings. The molecule has 0 aromatic heterocycles. The average molecular weight is 533 g/mol. The third-order valence-electron chi connectivity index (χ3n) is 7.60. The number of carbonyl (C=O) groups is 3. The number of likely N-dealkylation sites (tertiary alicyclic amines) is 1. The first kappa shape index (κ1) is 26.8. The summed E-state index contributed by atoms with van der Waals surface area (Å²) < 4.78 is 4.76. The Labute approximate surface area is 221 Å². The van der Waals surface area contributed by atoms with Crippen LogP contribution >= 0.6 is 23.4 Å². The van der Waals surface area contributed by atoms with E-state index in [2.05, 4.69) is 13.2 Å². The van der Waals surface area contributed by atoms with Crippen molar-refractivity contribution in [2.45, 2.75) is 54.7 Å². The topological polar surface area (TPSA) is 87.2 Å². The molecule has 3 saturated heterocycles. The fourth-order valence-electron chi connectivity index (χ4n) is 6.00. The molecule has 2 amide bonds. The van der Waals surface area contributed by atoms with Crippen LogP contribution in [0.2, 0.25) is 5.02 Å². The van der Waals surface area contributed by atoms with Crippen molar-refractivity contribution < 1.29 is 24.2 Å². The molecule has 1 aromatic carbocycles. The van der Waals surface area contributed by atoms with E-state index < -0.39 is 28.7 Å². The molecule has 0 aliphatic carbocycles. The molecule has 2 unspecified atom stereocenters. The first-order valence-corrected chi connectivity index (χ1v) is 13.7. The summed E-state index contributed by atoms with van der Waals surface area (Å²) in [5.41, 5.74) is 0.645. The molecule has 3 aliphatic heterocycles. The van der Waals surface area contributed by atoms with Gasteiger partial charge in [0.15, 0.2) is 0 Å². The highest BCUT2D eigenvalue weighted by atomic mass is 35.5. The second-order valence-electron chi connectivity index (χ2n) is 9.50. The van der Waals surface area contributed by atoms with Gasteiger partial charge in [0.25, 0.3) is 5.91 Å². The highest BCUT2D eigenvalue weighted by molar-refractivity contribution is 8.02. The molecule has 1 spiro atoms. The molecule has 2 bridgehead atoms. The van der Waals surface area contributed by atoms with Crippen LogP contribution in [0.5, 0.6) is 0 Å². The molecular weight excluding hydrogens is 500 g/mol. The normalized spacial score (nSPS) is 29.1. The number of hydrogen-bond acceptors (Lipinski definition) is 6. The number of aliphatic hydroxyl groups excluding tert-OH is 1. The van der Waals surface area contributed by atoms with Crippen LogP contribution in [-0.2, 0) is 19.1 Å². The summed E-state index contributed by atoms with van der Waals surface area (Å²) >= 11 is 7.66. The molecule has 3 fully saturated rings. The van der Waals surface area contributed by atoms with E-state index in [4.69, 9.17) is 16.3 Å². The van der Waals surface area contributed by atoms with Gasteiger partial charge in [0, 0.05) is 22.5 Å². The van der Waals surface area contributed by atoms with Crippen LogP contribution in [-0.4, -0.2) is 69.6 Å². The molecule has 36 heavy (non-hydrogen) atoms. The number of rotatable bonds is 11. The van der Waals surface area contributed by atoms with Crippen molar-refractivity contribution in [1.82, 2.24) is 4.90 Å². The monoisotopic (exact) mass is 532 g/mol. The van der Waals surface area contributed by atoms with Crippen molar-refractivity contribution >= 4 is 46.8 Å². The van der Waals surface area contributed by atoms with Gasteiger partial charge >= 0.3 is 5.97 Å². The maximum Gasteiger partial charge on any atom is 0.310 e. The van der Waals surface area contributed by atoms with Crippen LogP contribution < -0.4 is 4.90 Å². The number of aliphatic hydroxyl groups is 1. The van der Waals surface area contributed by atoms with Crippen LogP contribution in [0.4, 0.5) is 5.69 Å². The van der Waals surface area contributed by atoms with Gasteiger partial charge in [-0.25, -0.2) is 0 Å². The van der Waals surface area contributed by atoms with Gasteiger partial charge in [-0.05, 0) is 49.9 Å². The summed E-state index contributed by atoms with van der Waals surface area (Å²) in [6, 6.07) is 5.62. The second kappa shape index (κ2) is 11.0. The molecule has 9 heteroatoms. The lowest BCUT2D eigenvalue weighted by atomic mass is 9.71. The van der Waals surface area contributed by atoms with Crippen molar-refractivity contribution in [1.29, 1.82) is 0 Å². The van der Waals surface area contributed by atoms with Crippen LogP contribution in [0.1, 0.15) is 32.6 Å². The quantitative estimate of drug-likeness (QED) is 0.265. The van der Waals surface area contributed by atoms with Gasteiger partial charge in [-0.1, -0.05) is 30.7 Å². The number of amides is 2. The SMILES string of the molecule is C=CCCOC(=O)[C@@H]1[C@@H]2CCC3(S2)C(C(=O)N(CC=C)c2ccc(Cl)cc2)N([C@@H](CC)CO)C(=O)[C@H]13. The number of nitrogens with zero attached hydrogens (tertiary/aromatic N) is 2. The minimum atomic E-state index is -0.816. The molecular formula is C27H33ClN2O5S. The van der Waals surface area contributed by atoms with Crippen molar-refractivity contribution in [3.8, 4) is 0 Å². The van der Waals surface area contributed by atoms with Crippen LogP contribution in [0.25, 0.3) is 0 Å². The standard InChI is InChI=1S/C27H33ClN2O5S/c1-4-7-15-35-26(34)21-20-12-13-27(36-20)22(21)24(32)30(18(6-3)16-31)23(27)25(33)29(14-5-2)19-10-8-17(28)9-11-19/h4-5,8-11,18,20-23,31H,1-2,6-7,12-16H2,3H3/t18-,20-,21+,22-,23?,27?/m0/s1. The Kier molecular flexibility index (Phi) is 8.17. The second-order valence-corrected chi connectivity index (χ2v) is 11.5. The Morgan fingerprint density at radius 1 is 1.33 bits per heavy atom. The smallest absolute Gasteiger partial charge is 0.310 e. The predicted octanol–water partition coefficient (Wildman–Crippen LogP) is 3.84. The van der Waals surface area contributed by atoms with E-state index in [0.29, 0.717) is 30.0 Å². The maximum absolute atomic E-state index is 14.4. The Hall–Kier alpha value is -2.29. The summed E-state index contributed by atoms with van der Waals surface area (Å²) in [5.74, 6) is -2.15. The highest BCUT2D eigenvalue weighted by Crippen LogP contribution is 2.67. The number of halogens is 1. The van der Waals surface area contributed by atoms with Gasteiger partial charge in [0.2, 0.25) is 5.91 Å². The number of carbonyl (C=O) groups excluding carboxylic acids is 3. The fourth-order valence-corrected chi connectivity index (χ4v) is 8.32. The largest absolute Gasteiger partial charge is 0.465 e. The van der Waals surface area contributed by atoms with E-state index in [1.54, 1.807) is 58.0 Å². The number of benzene rings is 1. The molecule has 0 radical (unpaired) electrons. The lowest BCUT2D eigenvalue weighted by Crippen LogP contribution is -2.57. The van der Waals surface area contributed by atoms with Crippen LogP contribution in [0.15, 0.2) is 49.6 Å². The zero-order valence-corrected chi connectivity index (χ0v) is 22.0. The zero-order valence-electron chi connectivity index (χ0n) is 20.5. The van der Waals surface area contributed by atoms with Crippen molar-refractivity contribution in [3.05, 3.63) is 54.6 Å². The Balaban J connectivity index is 1.76. The van der Waals surface area contributed by atoms with Gasteiger partial charge in [0.05, 0.1) is 35.8 Å². The van der Waals surface area contributed by atoms with Crippen LogP contribution in [0.3, 0.4) is 0 Å². The maximum atomic E-state index is 14.4. The molecule has 4 rings (SSSR count). The molecule has 194 valence electrons. The number of thioether (sulfide) groups is 1. The van der Waals surface area contributed by atoms with Gasteiger partial charge in [-0.2, -0.15) is 0 Å². The van der Waals surface area contributed by atoms with E-state index >= 15 is 0 Å². The summed E-state index contributed by atoms with van der Waals surface area (Å²) in [4.78, 5) is 44.7. The zero-order chi connectivity index (χ0) is 26.0. The predicted molar refractivity (Wildman–Crippen MR) is 142 cm³/mol. The van der Waals surface area contributed by atoms with E-state index in [1.165, 1.54) is 0 Å². The molecule has 3 heterocycles. The van der Waals surface area contributed by atoms with E-state index in [1.807, 2.05) is 6.92 Å². The van der Waals surface area contributed by atoms with Gasteiger partial charge in [-0.15, -0.1) is 24.9 Å². The fraction of sp³-hybridized carbons (Fsp3) is 0.519. The number of ether oxygens (including phenoxy) is 1. The van der Waals surface area contributed by atoms with Crippen LogP contribution in [0, 0.1) is 11.8 Å². The molecule has 0 saturated carbocycles. The lowest BCUT2D eigenvalue weighted by molar-refractivity contribution is -0.154. The number of fused-ring (bicyclic) bond motifs is 1. The summed E-state index contributed by atoms with van der Waals surface area (Å²) in [6.45, 7) is 9.56. The Morgan fingerprint density at radius 2 is 2.06 bits per heavy atom. The minimum absolute atomic E-state index is 0.0785. The number of hydrogen-bond donors (Lipinski definition) is 1. The first-order valence-electron chi connectivity index (χ1n) is 12.4. The van der Waals surface area contributed by atoms with Gasteiger partial charge in [0.1, 0.15) is 6.04 Å². The highest BCUT2D eigenvalue weighted by Gasteiger charge is 2.74. The average Bonchev–Trinajstić information content (AvgIpc) is 3.52. The Morgan fingerprint density at radius 3 is 2.67 bits per heavy atom. The molecule has 1 aromatic rings. The van der Waals surface area contributed by atoms with E-state index in [9.17, 15) is 19.5 Å². The van der Waals surface area contributed by atoms with Gasteiger partial charge < -0.3 is 19.6 Å². The molecule has 1 N–H and O–H groups in total. The number of esters is 1. The minimum Gasteiger partial charge on any atom is -0.465 e. The lowest BCUT2D eigenvalue weighted by Gasteiger charge is -2.39. The summed E-state index contributed by atoms with van der Waals surface area (Å²) in [7, 11) is 0. The summed E-state index contributed by atoms with van der Waals surface area (Å²) in [6.07, 6.45) is 5.72. The van der Waals surface area contributed by atoms with E-state index in [-0.39, 0.29) is 42.8 Å². The summed E-state index contributed by atoms with van der Waals surface area (Å²) in [5, 5.41) is 10.7. The van der Waals surface area contributed by atoms with Gasteiger partial charge in [-0.3, -0.25) is 14.4 Å². The molecule has 7 nitrogen and oxygen atoms in total. The Bertz CT molecular complexity index is 1030.